The molecule has 20 heavy (non-hydrogen) atoms. The summed E-state index contributed by atoms with van der Waals surface area (Å²) >= 11 is 0. The molecule has 0 radical (unpaired) electrons. The minimum absolute atomic E-state index is 0.118. The van der Waals surface area contributed by atoms with E-state index in [0.29, 0.717) is 16.5 Å². The van der Waals surface area contributed by atoms with E-state index in [9.17, 15) is 21.6 Å². The average Bonchev–Trinajstić information content (AvgIpc) is 2.78. The van der Waals surface area contributed by atoms with Gasteiger partial charge in [-0.15, -0.1) is 0 Å². The predicted molar refractivity (Wildman–Crippen MR) is 66.5 cm³/mol. The Kier molecular flexibility index (Phi) is 5.22. The van der Waals surface area contributed by atoms with Crippen LogP contribution < -0.4 is 0 Å². The smallest absolute Gasteiger partial charge is 0.390 e. The lowest BCUT2D eigenvalue weighted by atomic mass is 10.4. The summed E-state index contributed by atoms with van der Waals surface area (Å²) in [5, 5.41) is 9.10. The van der Waals surface area contributed by atoms with Crippen LogP contribution in [0.2, 0.25) is 0 Å². The van der Waals surface area contributed by atoms with E-state index in [-0.39, 0.29) is 11.5 Å². The van der Waals surface area contributed by atoms with Gasteiger partial charge in [-0.1, -0.05) is 0 Å². The van der Waals surface area contributed by atoms with Gasteiger partial charge in [0.15, 0.2) is 0 Å². The molecule has 0 aromatic carbocycles. The standard InChI is InChI=1S/C11H17F3N2O3S/c1-3-16-7-10(6-9(16)8-17)20(18,19)15(2)5-4-11(12,13)14/h6-7,17H,3-5,8H2,1-2H3. The first-order chi connectivity index (χ1) is 9.11. The van der Waals surface area contributed by atoms with Crippen molar-refractivity contribution >= 4 is 10.0 Å². The molecule has 0 saturated heterocycles. The third kappa shape index (κ3) is 3.97. The van der Waals surface area contributed by atoms with Gasteiger partial charge < -0.3 is 9.67 Å². The number of alkyl halides is 3. The van der Waals surface area contributed by atoms with Gasteiger partial charge in [0.25, 0.3) is 0 Å². The zero-order valence-electron chi connectivity index (χ0n) is 11.2. The average molecular weight is 314 g/mol. The van der Waals surface area contributed by atoms with Crippen molar-refractivity contribution in [1.29, 1.82) is 0 Å². The molecule has 5 nitrogen and oxygen atoms in total. The van der Waals surface area contributed by atoms with Crippen LogP contribution in [-0.2, 0) is 23.2 Å². The minimum atomic E-state index is -4.41. The van der Waals surface area contributed by atoms with Gasteiger partial charge in [0.1, 0.15) is 4.90 Å². The molecule has 0 unspecified atom stereocenters. The second kappa shape index (κ2) is 6.15. The molecule has 0 bridgehead atoms. The molecular formula is C11H17F3N2O3S. The van der Waals surface area contributed by atoms with Crippen LogP contribution in [0.1, 0.15) is 19.0 Å². The molecule has 0 saturated carbocycles. The van der Waals surface area contributed by atoms with Crippen LogP contribution in [0.5, 0.6) is 0 Å². The Bertz CT molecular complexity index is 530. The molecule has 1 rings (SSSR count). The minimum Gasteiger partial charge on any atom is -0.390 e. The molecule has 0 atom stereocenters. The van der Waals surface area contributed by atoms with Gasteiger partial charge in [-0.2, -0.15) is 13.2 Å². The van der Waals surface area contributed by atoms with E-state index in [2.05, 4.69) is 0 Å². The number of sulfonamides is 1. The third-order valence-corrected chi connectivity index (χ3v) is 4.70. The first-order valence-electron chi connectivity index (χ1n) is 5.94. The fraction of sp³-hybridized carbons (Fsp3) is 0.636. The highest BCUT2D eigenvalue weighted by atomic mass is 32.2. The monoisotopic (exact) mass is 314 g/mol. The molecule has 0 aliphatic carbocycles. The zero-order chi connectivity index (χ0) is 15.6. The van der Waals surface area contributed by atoms with Crippen LogP contribution in [0.4, 0.5) is 13.2 Å². The second-order valence-corrected chi connectivity index (χ2v) is 6.35. The summed E-state index contributed by atoms with van der Waals surface area (Å²) in [4.78, 5) is -0.118. The molecule has 116 valence electrons. The number of aliphatic hydroxyl groups excluding tert-OH is 1. The van der Waals surface area contributed by atoms with Crippen molar-refractivity contribution in [2.24, 2.45) is 0 Å². The lowest BCUT2D eigenvalue weighted by molar-refractivity contribution is -0.135. The molecule has 0 amide bonds. The Morgan fingerprint density at radius 1 is 1.40 bits per heavy atom. The molecule has 1 aromatic rings. The Labute approximate surface area is 115 Å². The van der Waals surface area contributed by atoms with Crippen molar-refractivity contribution in [2.75, 3.05) is 13.6 Å². The van der Waals surface area contributed by atoms with Crippen LogP contribution in [0.3, 0.4) is 0 Å². The molecule has 9 heteroatoms. The highest BCUT2D eigenvalue weighted by Gasteiger charge is 2.31. The van der Waals surface area contributed by atoms with Crippen molar-refractivity contribution in [2.45, 2.75) is 37.6 Å². The first-order valence-corrected chi connectivity index (χ1v) is 7.38. The summed E-state index contributed by atoms with van der Waals surface area (Å²) in [6.07, 6.45) is -4.30. The van der Waals surface area contributed by atoms with Crippen molar-refractivity contribution < 1.29 is 26.7 Å². The van der Waals surface area contributed by atoms with E-state index in [0.717, 1.165) is 7.05 Å². The van der Waals surface area contributed by atoms with Crippen molar-refractivity contribution in [3.63, 3.8) is 0 Å². The van der Waals surface area contributed by atoms with Crippen LogP contribution in [0, 0.1) is 0 Å². The highest BCUT2D eigenvalue weighted by molar-refractivity contribution is 7.89. The fourth-order valence-corrected chi connectivity index (χ4v) is 2.91. The van der Waals surface area contributed by atoms with E-state index < -0.39 is 29.2 Å². The number of aromatic nitrogens is 1. The molecular weight excluding hydrogens is 297 g/mol. The summed E-state index contributed by atoms with van der Waals surface area (Å²) in [5.41, 5.74) is 0.398. The topological polar surface area (TPSA) is 62.5 Å². The summed E-state index contributed by atoms with van der Waals surface area (Å²) in [6, 6.07) is 1.27. The van der Waals surface area contributed by atoms with Gasteiger partial charge in [0, 0.05) is 32.0 Å². The van der Waals surface area contributed by atoms with Crippen LogP contribution in [0.25, 0.3) is 0 Å². The maximum Gasteiger partial charge on any atom is 0.390 e. The molecule has 1 aromatic heterocycles. The lowest BCUT2D eigenvalue weighted by Crippen LogP contribution is -2.30. The lowest BCUT2D eigenvalue weighted by Gasteiger charge is -2.17. The van der Waals surface area contributed by atoms with Crippen molar-refractivity contribution in [3.05, 3.63) is 18.0 Å². The zero-order valence-corrected chi connectivity index (χ0v) is 12.0. The molecule has 1 heterocycles. The van der Waals surface area contributed by atoms with Gasteiger partial charge in [0.05, 0.1) is 13.0 Å². The number of hydrogen-bond acceptors (Lipinski definition) is 3. The van der Waals surface area contributed by atoms with Crippen LogP contribution >= 0.6 is 0 Å². The maximum absolute atomic E-state index is 12.1. The molecule has 0 fully saturated rings. The number of halogens is 3. The predicted octanol–water partition coefficient (Wildman–Crippen LogP) is 1.57. The maximum atomic E-state index is 12.1. The fourth-order valence-electron chi connectivity index (χ4n) is 1.68. The number of aliphatic hydroxyl groups is 1. The summed E-state index contributed by atoms with van der Waals surface area (Å²) in [5.74, 6) is 0. The van der Waals surface area contributed by atoms with Crippen molar-refractivity contribution in [1.82, 2.24) is 8.87 Å². The van der Waals surface area contributed by atoms with E-state index in [1.165, 1.54) is 16.8 Å². The number of hydrogen-bond donors (Lipinski definition) is 1. The highest BCUT2D eigenvalue weighted by Crippen LogP contribution is 2.23. The molecule has 0 aliphatic heterocycles. The Morgan fingerprint density at radius 3 is 2.40 bits per heavy atom. The number of nitrogens with zero attached hydrogens (tertiary/aromatic N) is 2. The SMILES string of the molecule is CCn1cc(S(=O)(=O)N(C)CCC(F)(F)F)cc1CO. The van der Waals surface area contributed by atoms with E-state index >= 15 is 0 Å². The normalized spacial score (nSPS) is 13.2. The summed E-state index contributed by atoms with van der Waals surface area (Å²) < 4.78 is 62.8. The third-order valence-electron chi connectivity index (χ3n) is 2.88. The Hall–Kier alpha value is -1.06. The Balaban J connectivity index is 2.95. The quantitative estimate of drug-likeness (QED) is 0.867. The molecule has 0 aliphatic rings. The Morgan fingerprint density at radius 2 is 2.00 bits per heavy atom. The van der Waals surface area contributed by atoms with Gasteiger partial charge >= 0.3 is 6.18 Å². The van der Waals surface area contributed by atoms with Crippen LogP contribution in [-0.4, -0.2) is 42.2 Å². The van der Waals surface area contributed by atoms with Gasteiger partial charge in [-0.3, -0.25) is 0 Å². The largest absolute Gasteiger partial charge is 0.390 e. The van der Waals surface area contributed by atoms with Crippen LogP contribution in [0.15, 0.2) is 17.2 Å². The summed E-state index contributed by atoms with van der Waals surface area (Å²) in [6.45, 7) is 1.24. The van der Waals surface area contributed by atoms with Gasteiger partial charge in [-0.25, -0.2) is 12.7 Å². The van der Waals surface area contributed by atoms with Gasteiger partial charge in [0.2, 0.25) is 10.0 Å². The van der Waals surface area contributed by atoms with Gasteiger partial charge in [-0.05, 0) is 13.0 Å². The second-order valence-electron chi connectivity index (χ2n) is 4.30. The van der Waals surface area contributed by atoms with Crippen molar-refractivity contribution in [3.8, 4) is 0 Å². The first kappa shape index (κ1) is 17.0. The molecule has 0 spiro atoms. The van der Waals surface area contributed by atoms with E-state index in [4.69, 9.17) is 5.11 Å². The van der Waals surface area contributed by atoms with E-state index in [1.807, 2.05) is 0 Å². The molecule has 1 N–H and O–H groups in total. The number of aryl methyl sites for hydroxylation is 1. The number of rotatable bonds is 6. The van der Waals surface area contributed by atoms with E-state index in [1.54, 1.807) is 6.92 Å². The summed E-state index contributed by atoms with van der Waals surface area (Å²) in [7, 11) is -2.88.